The van der Waals surface area contributed by atoms with Crippen molar-refractivity contribution in [1.29, 1.82) is 0 Å². The number of allylic oxidation sites excluding steroid dienone is 2. The Morgan fingerprint density at radius 2 is 2.00 bits per heavy atom. The van der Waals surface area contributed by atoms with E-state index in [0.717, 1.165) is 6.42 Å². The number of rotatable bonds is 3. The molecule has 0 aromatic heterocycles. The van der Waals surface area contributed by atoms with Crippen LogP contribution in [0.3, 0.4) is 0 Å². The lowest BCUT2D eigenvalue weighted by Gasteiger charge is -2.19. The van der Waals surface area contributed by atoms with Gasteiger partial charge in [0, 0.05) is 0 Å². The first kappa shape index (κ1) is 9.70. The summed E-state index contributed by atoms with van der Waals surface area (Å²) in [6.45, 7) is 7.79. The highest BCUT2D eigenvalue weighted by Crippen LogP contribution is 2.16. The summed E-state index contributed by atoms with van der Waals surface area (Å²) >= 11 is 0. The molecule has 1 heteroatoms. The second-order valence-electron chi connectivity index (χ2n) is 3.52. The van der Waals surface area contributed by atoms with Crippen molar-refractivity contribution in [1.82, 2.24) is 0 Å². The molecule has 0 fully saturated rings. The summed E-state index contributed by atoms with van der Waals surface area (Å²) in [4.78, 5) is 0. The molecule has 1 N–H and O–H groups in total. The Labute approximate surface area is 63.8 Å². The van der Waals surface area contributed by atoms with Crippen LogP contribution in [0.1, 0.15) is 34.1 Å². The molecule has 0 radical (unpaired) electrons. The van der Waals surface area contributed by atoms with E-state index in [1.807, 2.05) is 26.8 Å². The summed E-state index contributed by atoms with van der Waals surface area (Å²) in [5, 5.41) is 9.38. The molecule has 0 aliphatic rings. The third-order valence-electron chi connectivity index (χ3n) is 1.34. The highest BCUT2D eigenvalue weighted by atomic mass is 16.3. The summed E-state index contributed by atoms with van der Waals surface area (Å²) in [7, 11) is 0. The lowest BCUT2D eigenvalue weighted by atomic mass is 9.95. The zero-order valence-electron chi connectivity index (χ0n) is 7.39. The first-order valence-corrected chi connectivity index (χ1v) is 3.81. The minimum atomic E-state index is -0.529. The fraction of sp³-hybridized carbons (Fsp3) is 0.778. The molecule has 1 nitrogen and oxygen atoms in total. The first-order chi connectivity index (χ1) is 4.45. The Bertz CT molecular complexity index is 108. The van der Waals surface area contributed by atoms with Crippen LogP contribution in [0.4, 0.5) is 0 Å². The van der Waals surface area contributed by atoms with Crippen molar-refractivity contribution in [2.24, 2.45) is 5.92 Å². The molecule has 0 aliphatic carbocycles. The Kier molecular flexibility index (Phi) is 3.66. The van der Waals surface area contributed by atoms with Crippen LogP contribution in [0, 0.1) is 5.92 Å². The average Bonchev–Trinajstić information content (AvgIpc) is 1.59. The van der Waals surface area contributed by atoms with E-state index in [4.69, 9.17) is 0 Å². The fourth-order valence-corrected chi connectivity index (χ4v) is 1.18. The predicted molar refractivity (Wildman–Crippen MR) is 44.9 cm³/mol. The molecule has 1 unspecified atom stereocenters. The van der Waals surface area contributed by atoms with Gasteiger partial charge in [-0.15, -0.1) is 0 Å². The lowest BCUT2D eigenvalue weighted by molar-refractivity contribution is 0.0613. The van der Waals surface area contributed by atoms with Gasteiger partial charge in [-0.2, -0.15) is 0 Å². The predicted octanol–water partition coefficient (Wildman–Crippen LogP) is 2.36. The van der Waals surface area contributed by atoms with Gasteiger partial charge in [0.15, 0.2) is 0 Å². The highest BCUT2D eigenvalue weighted by molar-refractivity contribution is 4.86. The zero-order chi connectivity index (χ0) is 8.20. The van der Waals surface area contributed by atoms with Gasteiger partial charge < -0.3 is 5.11 Å². The molecule has 0 bridgehead atoms. The van der Waals surface area contributed by atoms with Crippen LogP contribution in [0.25, 0.3) is 0 Å². The lowest BCUT2D eigenvalue weighted by Crippen LogP contribution is -2.21. The Balaban J connectivity index is 3.68. The van der Waals surface area contributed by atoms with Crippen LogP contribution in [0.15, 0.2) is 12.2 Å². The van der Waals surface area contributed by atoms with Gasteiger partial charge in [-0.1, -0.05) is 19.1 Å². The largest absolute Gasteiger partial charge is 0.390 e. The van der Waals surface area contributed by atoms with Gasteiger partial charge in [-0.25, -0.2) is 0 Å². The molecular formula is C9H18O. The van der Waals surface area contributed by atoms with E-state index < -0.39 is 5.60 Å². The summed E-state index contributed by atoms with van der Waals surface area (Å²) in [6, 6.07) is 0. The van der Waals surface area contributed by atoms with Crippen LogP contribution in [-0.4, -0.2) is 10.7 Å². The van der Waals surface area contributed by atoms with E-state index in [2.05, 4.69) is 13.0 Å². The second-order valence-corrected chi connectivity index (χ2v) is 3.52. The van der Waals surface area contributed by atoms with Crippen molar-refractivity contribution in [3.8, 4) is 0 Å². The molecule has 0 spiro atoms. The first-order valence-electron chi connectivity index (χ1n) is 3.81. The van der Waals surface area contributed by atoms with Gasteiger partial charge in [-0.05, 0) is 33.1 Å². The van der Waals surface area contributed by atoms with E-state index in [1.54, 1.807) is 0 Å². The smallest absolute Gasteiger partial charge is 0.0597 e. The molecule has 10 heavy (non-hydrogen) atoms. The maximum Gasteiger partial charge on any atom is 0.0597 e. The topological polar surface area (TPSA) is 20.2 Å². The molecule has 0 heterocycles. The summed E-state index contributed by atoms with van der Waals surface area (Å²) < 4.78 is 0. The Morgan fingerprint density at radius 3 is 2.30 bits per heavy atom. The molecule has 0 rings (SSSR count). The van der Waals surface area contributed by atoms with E-state index in [-0.39, 0.29) is 0 Å². The van der Waals surface area contributed by atoms with Crippen LogP contribution in [-0.2, 0) is 0 Å². The van der Waals surface area contributed by atoms with Crippen molar-refractivity contribution in [2.75, 3.05) is 0 Å². The normalized spacial score (nSPS) is 16.1. The summed E-state index contributed by atoms with van der Waals surface area (Å²) in [5.74, 6) is 0.477. The van der Waals surface area contributed by atoms with Gasteiger partial charge >= 0.3 is 0 Å². The van der Waals surface area contributed by atoms with E-state index >= 15 is 0 Å². The molecular weight excluding hydrogens is 124 g/mol. The van der Waals surface area contributed by atoms with Crippen LogP contribution in [0.2, 0.25) is 0 Å². The van der Waals surface area contributed by atoms with Crippen molar-refractivity contribution in [3.05, 3.63) is 12.2 Å². The standard InChI is InChI=1S/C9H18O/c1-5-6-8(2)7-9(3,4)10/h5-6,8,10H,7H2,1-4H3/b6-5+. The van der Waals surface area contributed by atoms with Crippen molar-refractivity contribution in [2.45, 2.75) is 39.7 Å². The molecule has 0 aromatic rings. The number of hydrogen-bond donors (Lipinski definition) is 1. The Morgan fingerprint density at radius 1 is 1.50 bits per heavy atom. The monoisotopic (exact) mass is 142 g/mol. The van der Waals surface area contributed by atoms with E-state index in [9.17, 15) is 5.11 Å². The van der Waals surface area contributed by atoms with Crippen LogP contribution < -0.4 is 0 Å². The third kappa shape index (κ3) is 5.83. The van der Waals surface area contributed by atoms with Crippen LogP contribution in [0.5, 0.6) is 0 Å². The molecule has 1 atom stereocenters. The molecule has 0 saturated heterocycles. The minimum Gasteiger partial charge on any atom is -0.390 e. The summed E-state index contributed by atoms with van der Waals surface area (Å²) in [5.41, 5.74) is -0.529. The highest BCUT2D eigenvalue weighted by Gasteiger charge is 2.14. The van der Waals surface area contributed by atoms with Crippen molar-refractivity contribution < 1.29 is 5.11 Å². The quantitative estimate of drug-likeness (QED) is 0.600. The van der Waals surface area contributed by atoms with Gasteiger partial charge in [-0.3, -0.25) is 0 Å². The maximum absolute atomic E-state index is 9.38. The molecule has 0 aliphatic heterocycles. The SMILES string of the molecule is C/C=C/C(C)CC(C)(C)O. The third-order valence-corrected chi connectivity index (χ3v) is 1.34. The van der Waals surface area contributed by atoms with Crippen molar-refractivity contribution in [3.63, 3.8) is 0 Å². The fourth-order valence-electron chi connectivity index (χ4n) is 1.18. The summed E-state index contributed by atoms with van der Waals surface area (Å²) in [6.07, 6.45) is 4.96. The van der Waals surface area contributed by atoms with Crippen molar-refractivity contribution >= 4 is 0 Å². The minimum absolute atomic E-state index is 0.477. The number of aliphatic hydroxyl groups is 1. The van der Waals surface area contributed by atoms with Gasteiger partial charge in [0.2, 0.25) is 0 Å². The molecule has 60 valence electrons. The molecule has 0 amide bonds. The molecule has 0 saturated carbocycles. The van der Waals surface area contributed by atoms with Crippen LogP contribution >= 0.6 is 0 Å². The van der Waals surface area contributed by atoms with Gasteiger partial charge in [0.05, 0.1) is 5.60 Å². The van der Waals surface area contributed by atoms with E-state index in [1.165, 1.54) is 0 Å². The van der Waals surface area contributed by atoms with Gasteiger partial charge in [0.25, 0.3) is 0 Å². The second kappa shape index (κ2) is 3.77. The average molecular weight is 142 g/mol. The van der Waals surface area contributed by atoms with Gasteiger partial charge in [0.1, 0.15) is 0 Å². The van der Waals surface area contributed by atoms with E-state index in [0.29, 0.717) is 5.92 Å². The number of hydrogen-bond acceptors (Lipinski definition) is 1. The zero-order valence-corrected chi connectivity index (χ0v) is 7.39. The molecule has 0 aromatic carbocycles. The maximum atomic E-state index is 9.38. The Hall–Kier alpha value is -0.300.